The number of methoxy groups -OCH3 is 1. The molecule has 94 valence electrons. The van der Waals surface area contributed by atoms with E-state index in [9.17, 15) is 14.7 Å². The van der Waals surface area contributed by atoms with Crippen LogP contribution >= 0.6 is 15.9 Å². The predicted octanol–water partition coefficient (Wildman–Crippen LogP) is 1.34. The zero-order valence-electron chi connectivity index (χ0n) is 9.28. The number of hydrogen-bond donors (Lipinski definition) is 3. The fraction of sp³-hybridized carbons (Fsp3) is 0.0909. The molecule has 1 fully saturated rings. The summed E-state index contributed by atoms with van der Waals surface area (Å²) in [6, 6.07) is 2.43. The third-order valence-electron chi connectivity index (χ3n) is 2.32. The molecular weight excluding hydrogens is 304 g/mol. The minimum atomic E-state index is -0.562. The molecule has 1 aromatic rings. The summed E-state index contributed by atoms with van der Waals surface area (Å²) in [6.45, 7) is 0. The molecule has 0 unspecified atom stereocenters. The van der Waals surface area contributed by atoms with Crippen molar-refractivity contribution in [2.45, 2.75) is 0 Å². The fourth-order valence-corrected chi connectivity index (χ4v) is 1.92. The van der Waals surface area contributed by atoms with Crippen molar-refractivity contribution >= 4 is 33.9 Å². The van der Waals surface area contributed by atoms with Crippen LogP contribution in [0.3, 0.4) is 0 Å². The molecule has 7 heteroatoms. The van der Waals surface area contributed by atoms with Crippen LogP contribution in [0.5, 0.6) is 11.5 Å². The molecular formula is C11H9BrN2O4. The quantitative estimate of drug-likeness (QED) is 0.568. The first-order chi connectivity index (χ1) is 8.51. The lowest BCUT2D eigenvalue weighted by molar-refractivity contribution is -0.115. The standard InChI is InChI=1S/C11H9BrN2O4/c1-18-9-3-5(6(12)4-8(9)15)2-7-10(16)14-11(17)13-7/h2-4,15H,1H3,(H2,13,14,16,17)/b7-2-. The number of hydrogen-bond acceptors (Lipinski definition) is 4. The summed E-state index contributed by atoms with van der Waals surface area (Å²) in [7, 11) is 1.42. The van der Waals surface area contributed by atoms with Crippen molar-refractivity contribution in [1.82, 2.24) is 10.6 Å². The number of halogens is 1. The van der Waals surface area contributed by atoms with Crippen molar-refractivity contribution < 1.29 is 19.4 Å². The van der Waals surface area contributed by atoms with Gasteiger partial charge in [-0.2, -0.15) is 0 Å². The van der Waals surface area contributed by atoms with E-state index in [1.165, 1.54) is 19.3 Å². The number of imide groups is 1. The molecule has 0 spiro atoms. The van der Waals surface area contributed by atoms with E-state index < -0.39 is 11.9 Å². The maximum Gasteiger partial charge on any atom is 0.326 e. The van der Waals surface area contributed by atoms with Gasteiger partial charge in [0.2, 0.25) is 0 Å². The summed E-state index contributed by atoms with van der Waals surface area (Å²) in [5, 5.41) is 14.0. The van der Waals surface area contributed by atoms with E-state index in [2.05, 4.69) is 26.6 Å². The van der Waals surface area contributed by atoms with E-state index in [-0.39, 0.29) is 17.2 Å². The number of carbonyl (C=O) groups excluding carboxylic acids is 2. The van der Waals surface area contributed by atoms with Gasteiger partial charge < -0.3 is 15.2 Å². The minimum Gasteiger partial charge on any atom is -0.504 e. The first-order valence-electron chi connectivity index (χ1n) is 4.92. The Hall–Kier alpha value is -2.02. The van der Waals surface area contributed by atoms with Crippen LogP contribution in [0.15, 0.2) is 22.3 Å². The summed E-state index contributed by atoms with van der Waals surface area (Å²) in [4.78, 5) is 22.3. The topological polar surface area (TPSA) is 87.7 Å². The molecule has 3 N–H and O–H groups in total. The first-order valence-corrected chi connectivity index (χ1v) is 5.71. The van der Waals surface area contributed by atoms with Crippen LogP contribution in [0.25, 0.3) is 6.08 Å². The summed E-state index contributed by atoms with van der Waals surface area (Å²) in [5.74, 6) is -0.250. The van der Waals surface area contributed by atoms with Gasteiger partial charge in [-0.25, -0.2) is 4.79 Å². The van der Waals surface area contributed by atoms with E-state index in [0.29, 0.717) is 10.0 Å². The average Bonchev–Trinajstić information content (AvgIpc) is 2.61. The Morgan fingerprint density at radius 3 is 2.61 bits per heavy atom. The number of carbonyl (C=O) groups is 2. The van der Waals surface area contributed by atoms with Gasteiger partial charge in [0.25, 0.3) is 5.91 Å². The Balaban J connectivity index is 2.43. The normalized spacial score (nSPS) is 16.7. The lowest BCUT2D eigenvalue weighted by atomic mass is 10.1. The number of urea groups is 1. The molecule has 6 nitrogen and oxygen atoms in total. The predicted molar refractivity (Wildman–Crippen MR) is 67.0 cm³/mol. The van der Waals surface area contributed by atoms with Crippen molar-refractivity contribution in [1.29, 1.82) is 0 Å². The number of phenols is 1. The van der Waals surface area contributed by atoms with E-state index in [1.807, 2.05) is 0 Å². The molecule has 1 aromatic carbocycles. The largest absolute Gasteiger partial charge is 0.504 e. The highest BCUT2D eigenvalue weighted by atomic mass is 79.9. The fourth-order valence-electron chi connectivity index (χ4n) is 1.47. The molecule has 1 aliphatic rings. The number of aromatic hydroxyl groups is 1. The monoisotopic (exact) mass is 312 g/mol. The molecule has 3 amide bonds. The van der Waals surface area contributed by atoms with E-state index in [1.54, 1.807) is 6.07 Å². The van der Waals surface area contributed by atoms with Crippen molar-refractivity contribution in [3.05, 3.63) is 27.9 Å². The molecule has 1 heterocycles. The van der Waals surface area contributed by atoms with Crippen molar-refractivity contribution in [3.8, 4) is 11.5 Å². The van der Waals surface area contributed by atoms with Gasteiger partial charge in [0.05, 0.1) is 7.11 Å². The van der Waals surface area contributed by atoms with E-state index >= 15 is 0 Å². The summed E-state index contributed by atoms with van der Waals surface area (Å²) < 4.78 is 5.54. The van der Waals surface area contributed by atoms with Crippen LogP contribution in [0.2, 0.25) is 0 Å². The van der Waals surface area contributed by atoms with Crippen molar-refractivity contribution in [2.75, 3.05) is 7.11 Å². The number of rotatable bonds is 2. The molecule has 0 aromatic heterocycles. The van der Waals surface area contributed by atoms with Crippen LogP contribution in [-0.2, 0) is 4.79 Å². The molecule has 0 radical (unpaired) electrons. The van der Waals surface area contributed by atoms with Gasteiger partial charge in [-0.1, -0.05) is 15.9 Å². The lowest BCUT2D eigenvalue weighted by Crippen LogP contribution is -2.22. The van der Waals surface area contributed by atoms with E-state index in [0.717, 1.165) is 0 Å². The third kappa shape index (κ3) is 2.30. The van der Waals surface area contributed by atoms with Gasteiger partial charge in [0.15, 0.2) is 11.5 Å². The summed E-state index contributed by atoms with van der Waals surface area (Å²) in [6.07, 6.45) is 1.48. The average molecular weight is 313 g/mol. The van der Waals surface area contributed by atoms with Gasteiger partial charge in [0.1, 0.15) is 5.70 Å². The Bertz CT molecular complexity index is 568. The zero-order valence-corrected chi connectivity index (χ0v) is 10.9. The first kappa shape index (κ1) is 12.4. The van der Waals surface area contributed by atoms with Gasteiger partial charge in [-0.05, 0) is 23.8 Å². The van der Waals surface area contributed by atoms with Gasteiger partial charge in [-0.3, -0.25) is 10.1 Å². The smallest absolute Gasteiger partial charge is 0.326 e. The van der Waals surface area contributed by atoms with Gasteiger partial charge in [-0.15, -0.1) is 0 Å². The molecule has 1 aliphatic heterocycles. The summed E-state index contributed by atoms with van der Waals surface area (Å²) in [5.41, 5.74) is 0.727. The molecule has 0 saturated carbocycles. The molecule has 0 atom stereocenters. The second-order valence-electron chi connectivity index (χ2n) is 3.51. The SMILES string of the molecule is COc1cc(/C=C2\NC(=O)NC2=O)c(Br)cc1O. The minimum absolute atomic E-state index is 0.0218. The van der Waals surface area contributed by atoms with Gasteiger partial charge in [0, 0.05) is 4.47 Å². The van der Waals surface area contributed by atoms with Crippen LogP contribution in [0.1, 0.15) is 5.56 Å². The van der Waals surface area contributed by atoms with Gasteiger partial charge >= 0.3 is 6.03 Å². The number of amides is 3. The Morgan fingerprint density at radius 1 is 1.33 bits per heavy atom. The number of ether oxygens (including phenoxy) is 1. The molecule has 18 heavy (non-hydrogen) atoms. The Labute approximate surface area is 111 Å². The highest BCUT2D eigenvalue weighted by Crippen LogP contribution is 2.33. The maximum absolute atomic E-state index is 11.4. The molecule has 2 rings (SSSR count). The van der Waals surface area contributed by atoms with Crippen LogP contribution in [0, 0.1) is 0 Å². The van der Waals surface area contributed by atoms with Crippen molar-refractivity contribution in [3.63, 3.8) is 0 Å². The second-order valence-corrected chi connectivity index (χ2v) is 4.37. The summed E-state index contributed by atoms with van der Waals surface area (Å²) >= 11 is 3.25. The van der Waals surface area contributed by atoms with E-state index in [4.69, 9.17) is 4.74 Å². The van der Waals surface area contributed by atoms with Crippen LogP contribution in [-0.4, -0.2) is 24.2 Å². The number of benzene rings is 1. The Morgan fingerprint density at radius 2 is 2.06 bits per heavy atom. The number of nitrogens with one attached hydrogen (secondary N) is 2. The number of phenolic OH excluding ortho intramolecular Hbond substituents is 1. The zero-order chi connectivity index (χ0) is 13.3. The lowest BCUT2D eigenvalue weighted by Gasteiger charge is -2.06. The van der Waals surface area contributed by atoms with Crippen LogP contribution < -0.4 is 15.4 Å². The third-order valence-corrected chi connectivity index (χ3v) is 3.00. The maximum atomic E-state index is 11.4. The van der Waals surface area contributed by atoms with Crippen LogP contribution in [0.4, 0.5) is 4.79 Å². The highest BCUT2D eigenvalue weighted by Gasteiger charge is 2.23. The molecule has 0 bridgehead atoms. The Kier molecular flexibility index (Phi) is 3.24. The highest BCUT2D eigenvalue weighted by molar-refractivity contribution is 9.10. The molecule has 1 saturated heterocycles. The molecule has 0 aliphatic carbocycles. The second kappa shape index (κ2) is 4.69. The van der Waals surface area contributed by atoms with Crippen molar-refractivity contribution in [2.24, 2.45) is 0 Å².